The van der Waals surface area contributed by atoms with Gasteiger partial charge in [-0.05, 0) is 38.0 Å². The van der Waals surface area contributed by atoms with E-state index < -0.39 is 10.0 Å². The summed E-state index contributed by atoms with van der Waals surface area (Å²) in [6.45, 7) is 4.03. The highest BCUT2D eigenvalue weighted by Crippen LogP contribution is 2.25. The van der Waals surface area contributed by atoms with Gasteiger partial charge in [0.1, 0.15) is 0 Å². The summed E-state index contributed by atoms with van der Waals surface area (Å²) < 4.78 is 28.8. The number of aryl methyl sites for hydroxylation is 1. The maximum atomic E-state index is 12.8. The van der Waals surface area contributed by atoms with E-state index >= 15 is 0 Å². The van der Waals surface area contributed by atoms with E-state index in [1.54, 1.807) is 48.5 Å². The number of carbonyl (C=O) groups excluding carboxylic acids is 1. The molecule has 1 aliphatic heterocycles. The predicted octanol–water partition coefficient (Wildman–Crippen LogP) is 1.96. The number of piperidine rings is 1. The zero-order chi connectivity index (χ0) is 19.4. The van der Waals surface area contributed by atoms with Gasteiger partial charge < -0.3 is 4.90 Å². The second kappa shape index (κ2) is 8.22. The van der Waals surface area contributed by atoms with Gasteiger partial charge in [-0.3, -0.25) is 9.48 Å². The second-order valence-corrected chi connectivity index (χ2v) is 8.76. The molecule has 1 aliphatic rings. The summed E-state index contributed by atoms with van der Waals surface area (Å²) in [7, 11) is -1.69. The van der Waals surface area contributed by atoms with Gasteiger partial charge in [0.05, 0.1) is 17.1 Å². The Hall–Kier alpha value is -2.19. The first-order valence-electron chi connectivity index (χ1n) is 9.24. The molecule has 0 saturated carbocycles. The number of hydrogen-bond acceptors (Lipinski definition) is 4. The zero-order valence-corrected chi connectivity index (χ0v) is 16.6. The number of hydrogen-bond donors (Lipinski definition) is 0. The molecule has 1 amide bonds. The molecule has 0 spiro atoms. The van der Waals surface area contributed by atoms with Crippen LogP contribution in [0.1, 0.15) is 25.5 Å². The highest BCUT2D eigenvalue weighted by atomic mass is 32.2. The Bertz CT molecular complexity index is 871. The van der Waals surface area contributed by atoms with Crippen LogP contribution in [0.2, 0.25) is 0 Å². The lowest BCUT2D eigenvalue weighted by molar-refractivity contribution is -0.136. The van der Waals surface area contributed by atoms with Gasteiger partial charge in [0.15, 0.2) is 0 Å². The van der Waals surface area contributed by atoms with Gasteiger partial charge in [-0.15, -0.1) is 0 Å². The Morgan fingerprint density at radius 1 is 1.19 bits per heavy atom. The fourth-order valence-corrected chi connectivity index (χ4v) is 4.99. The second-order valence-electron chi connectivity index (χ2n) is 6.82. The largest absolute Gasteiger partial charge is 0.340 e. The molecule has 1 aromatic carbocycles. The van der Waals surface area contributed by atoms with Crippen molar-refractivity contribution in [3.05, 3.63) is 48.3 Å². The van der Waals surface area contributed by atoms with Crippen LogP contribution >= 0.6 is 0 Å². The lowest BCUT2D eigenvalue weighted by atomic mass is 9.96. The van der Waals surface area contributed by atoms with Crippen LogP contribution in [0.25, 0.3) is 0 Å². The number of aromatic nitrogens is 2. The molecule has 1 aromatic heterocycles. The van der Waals surface area contributed by atoms with Gasteiger partial charge in [-0.25, -0.2) is 8.42 Å². The van der Waals surface area contributed by atoms with Gasteiger partial charge in [-0.2, -0.15) is 9.40 Å². The normalized spacial score (nSPS) is 16.4. The van der Waals surface area contributed by atoms with Gasteiger partial charge in [0, 0.05) is 38.8 Å². The van der Waals surface area contributed by atoms with E-state index in [9.17, 15) is 13.2 Å². The summed E-state index contributed by atoms with van der Waals surface area (Å²) in [6.07, 6.45) is 2.83. The summed E-state index contributed by atoms with van der Waals surface area (Å²) in [4.78, 5) is 14.8. The van der Waals surface area contributed by atoms with Crippen molar-refractivity contribution in [1.29, 1.82) is 0 Å². The molecule has 1 fully saturated rings. The third-order valence-electron chi connectivity index (χ3n) is 5.06. The Morgan fingerprint density at radius 3 is 2.48 bits per heavy atom. The fourth-order valence-electron chi connectivity index (χ4n) is 3.50. The average Bonchev–Trinajstić information content (AvgIpc) is 3.15. The highest BCUT2D eigenvalue weighted by Gasteiger charge is 2.33. The Labute approximate surface area is 160 Å². The van der Waals surface area contributed by atoms with Crippen LogP contribution in [0, 0.1) is 5.92 Å². The Morgan fingerprint density at radius 2 is 1.85 bits per heavy atom. The molecule has 2 aromatic rings. The summed E-state index contributed by atoms with van der Waals surface area (Å²) in [5.41, 5.74) is 0.998. The first-order valence-corrected chi connectivity index (χ1v) is 10.7. The zero-order valence-electron chi connectivity index (χ0n) is 15.8. The van der Waals surface area contributed by atoms with E-state index in [0.29, 0.717) is 37.4 Å². The molecular formula is C19H26N4O3S. The van der Waals surface area contributed by atoms with Crippen LogP contribution in [0.15, 0.2) is 47.5 Å². The van der Waals surface area contributed by atoms with Crippen molar-refractivity contribution in [3.63, 3.8) is 0 Å². The van der Waals surface area contributed by atoms with Gasteiger partial charge >= 0.3 is 0 Å². The van der Waals surface area contributed by atoms with Crippen molar-refractivity contribution in [3.8, 4) is 0 Å². The van der Waals surface area contributed by atoms with Gasteiger partial charge in [-0.1, -0.05) is 18.2 Å². The summed E-state index contributed by atoms with van der Waals surface area (Å²) in [6, 6.07) is 10.4. The maximum Gasteiger partial charge on any atom is 0.243 e. The van der Waals surface area contributed by atoms with Gasteiger partial charge in [0.2, 0.25) is 15.9 Å². The van der Waals surface area contributed by atoms with E-state index in [-0.39, 0.29) is 11.8 Å². The molecule has 0 unspecified atom stereocenters. The van der Waals surface area contributed by atoms with Crippen molar-refractivity contribution in [1.82, 2.24) is 19.0 Å². The molecule has 27 heavy (non-hydrogen) atoms. The van der Waals surface area contributed by atoms with Gasteiger partial charge in [0.25, 0.3) is 0 Å². The minimum absolute atomic E-state index is 0.0654. The average molecular weight is 391 g/mol. The Kier molecular flexibility index (Phi) is 5.96. The summed E-state index contributed by atoms with van der Waals surface area (Å²) in [5, 5.41) is 4.23. The monoisotopic (exact) mass is 390 g/mol. The highest BCUT2D eigenvalue weighted by molar-refractivity contribution is 7.89. The molecule has 0 N–H and O–H groups in total. The number of carbonyl (C=O) groups is 1. The van der Waals surface area contributed by atoms with Crippen LogP contribution < -0.4 is 0 Å². The van der Waals surface area contributed by atoms with E-state index in [1.165, 1.54) is 4.31 Å². The number of rotatable bonds is 6. The number of amides is 1. The number of benzene rings is 1. The van der Waals surface area contributed by atoms with E-state index in [2.05, 4.69) is 5.10 Å². The smallest absolute Gasteiger partial charge is 0.243 e. The molecule has 0 aliphatic carbocycles. The minimum atomic E-state index is -3.48. The quantitative estimate of drug-likeness (QED) is 0.756. The van der Waals surface area contributed by atoms with Crippen LogP contribution in [-0.4, -0.2) is 53.4 Å². The van der Waals surface area contributed by atoms with Crippen LogP contribution in [0.4, 0.5) is 0 Å². The molecule has 8 heteroatoms. The maximum absolute atomic E-state index is 12.8. The third kappa shape index (κ3) is 4.22. The third-order valence-corrected chi connectivity index (χ3v) is 6.98. The molecule has 146 valence electrons. The molecule has 0 bridgehead atoms. The molecular weight excluding hydrogens is 364 g/mol. The molecule has 2 heterocycles. The molecule has 7 nitrogen and oxygen atoms in total. The van der Waals surface area contributed by atoms with Crippen molar-refractivity contribution in [2.24, 2.45) is 5.92 Å². The Balaban J connectivity index is 1.59. The van der Waals surface area contributed by atoms with E-state index in [1.807, 2.05) is 17.7 Å². The predicted molar refractivity (Wildman–Crippen MR) is 102 cm³/mol. The van der Waals surface area contributed by atoms with Crippen molar-refractivity contribution < 1.29 is 13.2 Å². The van der Waals surface area contributed by atoms with Crippen LogP contribution in [-0.2, 0) is 27.9 Å². The lowest BCUT2D eigenvalue weighted by Crippen LogP contribution is -2.43. The van der Waals surface area contributed by atoms with E-state index in [4.69, 9.17) is 0 Å². The number of nitrogens with zero attached hydrogens (tertiary/aromatic N) is 4. The molecule has 0 atom stereocenters. The number of sulfonamides is 1. The van der Waals surface area contributed by atoms with Crippen LogP contribution in [0.5, 0.6) is 0 Å². The van der Waals surface area contributed by atoms with Crippen molar-refractivity contribution >= 4 is 15.9 Å². The van der Waals surface area contributed by atoms with Crippen molar-refractivity contribution in [2.45, 2.75) is 37.8 Å². The first kappa shape index (κ1) is 19.6. The SMILES string of the molecule is CCn1nccc1CN(C)C(=O)C1CCN(S(=O)(=O)c2ccccc2)CC1. The molecule has 3 rings (SSSR count). The van der Waals surface area contributed by atoms with E-state index in [0.717, 1.165) is 12.2 Å². The standard InChI is InChI=1S/C19H26N4O3S/c1-3-23-17(9-12-20-23)15-21(2)19(24)16-10-13-22(14-11-16)27(25,26)18-7-5-4-6-8-18/h4-9,12,16H,3,10-11,13-15H2,1-2H3. The van der Waals surface area contributed by atoms with Crippen LogP contribution in [0.3, 0.4) is 0 Å². The van der Waals surface area contributed by atoms with Crippen molar-refractivity contribution in [2.75, 3.05) is 20.1 Å². The molecule has 1 saturated heterocycles. The minimum Gasteiger partial charge on any atom is -0.340 e. The summed E-state index contributed by atoms with van der Waals surface area (Å²) >= 11 is 0. The summed E-state index contributed by atoms with van der Waals surface area (Å²) in [5.74, 6) is -0.0779. The lowest BCUT2D eigenvalue weighted by Gasteiger charge is -2.32. The fraction of sp³-hybridized carbons (Fsp3) is 0.474. The first-order chi connectivity index (χ1) is 12.9. The topological polar surface area (TPSA) is 75.5 Å². The molecule has 0 radical (unpaired) electrons.